The highest BCUT2D eigenvalue weighted by Crippen LogP contribution is 2.27. The Morgan fingerprint density at radius 2 is 1.79 bits per heavy atom. The van der Waals surface area contributed by atoms with Crippen LogP contribution in [0.4, 0.5) is 0 Å². The molecule has 0 fully saturated rings. The predicted octanol–water partition coefficient (Wildman–Crippen LogP) is 4.45. The SMILES string of the molecule is Cc1cccc(C[n+]2ccc(-c3ncc(-c4ccc(CO)c(C)c4)o3)cc2)c1. The molecule has 2 aromatic carbocycles. The van der Waals surface area contributed by atoms with E-state index >= 15 is 0 Å². The molecule has 0 bridgehead atoms. The summed E-state index contributed by atoms with van der Waals surface area (Å²) in [5.41, 5.74) is 6.40. The molecule has 0 atom stereocenters. The zero-order valence-electron chi connectivity index (χ0n) is 16.1. The molecule has 2 heterocycles. The summed E-state index contributed by atoms with van der Waals surface area (Å²) in [4.78, 5) is 4.44. The number of aliphatic hydroxyl groups is 1. The van der Waals surface area contributed by atoms with Gasteiger partial charge in [0.25, 0.3) is 0 Å². The lowest BCUT2D eigenvalue weighted by atomic mass is 10.0. The Morgan fingerprint density at radius 1 is 0.964 bits per heavy atom. The van der Waals surface area contributed by atoms with E-state index in [4.69, 9.17) is 4.42 Å². The minimum absolute atomic E-state index is 0.0420. The van der Waals surface area contributed by atoms with Crippen molar-refractivity contribution < 1.29 is 14.1 Å². The summed E-state index contributed by atoms with van der Waals surface area (Å²) in [5, 5.41) is 9.32. The van der Waals surface area contributed by atoms with Crippen LogP contribution in [0.3, 0.4) is 0 Å². The van der Waals surface area contributed by atoms with Crippen molar-refractivity contribution in [1.82, 2.24) is 4.98 Å². The third-order valence-electron chi connectivity index (χ3n) is 4.89. The molecule has 0 aliphatic carbocycles. The average Bonchev–Trinajstić information content (AvgIpc) is 3.19. The molecule has 1 N–H and O–H groups in total. The number of rotatable bonds is 5. The first-order valence-corrected chi connectivity index (χ1v) is 9.34. The first-order valence-electron chi connectivity index (χ1n) is 9.34. The van der Waals surface area contributed by atoms with Crippen molar-refractivity contribution in [2.24, 2.45) is 0 Å². The predicted molar refractivity (Wildman–Crippen MR) is 109 cm³/mol. The summed E-state index contributed by atoms with van der Waals surface area (Å²) in [6, 6.07) is 18.4. The van der Waals surface area contributed by atoms with E-state index in [1.54, 1.807) is 6.20 Å². The van der Waals surface area contributed by atoms with Gasteiger partial charge in [0.15, 0.2) is 24.7 Å². The number of aryl methyl sites for hydroxylation is 2. The first kappa shape index (κ1) is 18.1. The van der Waals surface area contributed by atoms with Crippen molar-refractivity contribution in [3.8, 4) is 22.8 Å². The molecule has 0 aliphatic rings. The van der Waals surface area contributed by atoms with E-state index in [2.05, 4.69) is 40.7 Å². The molecule has 0 saturated carbocycles. The third-order valence-corrected chi connectivity index (χ3v) is 4.89. The normalized spacial score (nSPS) is 11.0. The second-order valence-corrected chi connectivity index (χ2v) is 7.08. The monoisotopic (exact) mass is 371 g/mol. The topological polar surface area (TPSA) is 50.1 Å². The first-order chi connectivity index (χ1) is 13.6. The fourth-order valence-corrected chi connectivity index (χ4v) is 3.29. The summed E-state index contributed by atoms with van der Waals surface area (Å²) in [6.07, 6.45) is 5.83. The molecule has 2 aromatic heterocycles. The van der Waals surface area contributed by atoms with Crippen LogP contribution in [-0.2, 0) is 13.2 Å². The molecule has 4 nitrogen and oxygen atoms in total. The van der Waals surface area contributed by atoms with Gasteiger partial charge in [-0.15, -0.1) is 0 Å². The van der Waals surface area contributed by atoms with Crippen LogP contribution in [-0.4, -0.2) is 10.1 Å². The maximum Gasteiger partial charge on any atom is 0.227 e. The molecule has 0 unspecified atom stereocenters. The number of nitrogens with zero attached hydrogens (tertiary/aromatic N) is 2. The zero-order valence-corrected chi connectivity index (χ0v) is 16.1. The van der Waals surface area contributed by atoms with Crippen molar-refractivity contribution in [3.63, 3.8) is 0 Å². The minimum atomic E-state index is 0.0420. The quantitative estimate of drug-likeness (QED) is 0.527. The number of hydrogen-bond donors (Lipinski definition) is 1. The maximum absolute atomic E-state index is 9.32. The molecular formula is C24H23N2O2+. The highest BCUT2D eigenvalue weighted by molar-refractivity contribution is 5.62. The number of pyridine rings is 1. The van der Waals surface area contributed by atoms with Gasteiger partial charge in [-0.25, -0.2) is 9.55 Å². The third kappa shape index (κ3) is 3.87. The maximum atomic E-state index is 9.32. The van der Waals surface area contributed by atoms with E-state index in [0.29, 0.717) is 5.89 Å². The van der Waals surface area contributed by atoms with Crippen LogP contribution < -0.4 is 4.57 Å². The molecule has 0 aliphatic heterocycles. The second kappa shape index (κ2) is 7.79. The molecule has 4 aromatic rings. The number of aliphatic hydroxyl groups excluding tert-OH is 1. The largest absolute Gasteiger partial charge is 0.436 e. The summed E-state index contributed by atoms with van der Waals surface area (Å²) < 4.78 is 8.11. The summed E-state index contributed by atoms with van der Waals surface area (Å²) in [6.45, 7) is 4.96. The van der Waals surface area contributed by atoms with Crippen LogP contribution in [0.25, 0.3) is 22.8 Å². The number of hydrogen-bond acceptors (Lipinski definition) is 3. The van der Waals surface area contributed by atoms with Crippen molar-refractivity contribution in [2.75, 3.05) is 0 Å². The van der Waals surface area contributed by atoms with Crippen LogP contribution in [0.2, 0.25) is 0 Å². The van der Waals surface area contributed by atoms with Gasteiger partial charge in [0.05, 0.1) is 12.8 Å². The summed E-state index contributed by atoms with van der Waals surface area (Å²) >= 11 is 0. The number of oxazole rings is 1. The molecular weight excluding hydrogens is 348 g/mol. The zero-order chi connectivity index (χ0) is 19.5. The lowest BCUT2D eigenvalue weighted by Gasteiger charge is -2.04. The Kier molecular flexibility index (Phi) is 5.04. The van der Waals surface area contributed by atoms with Crippen LogP contribution in [0.1, 0.15) is 22.3 Å². The fraction of sp³-hybridized carbons (Fsp3) is 0.167. The van der Waals surface area contributed by atoms with E-state index in [9.17, 15) is 5.11 Å². The highest BCUT2D eigenvalue weighted by Gasteiger charge is 2.11. The van der Waals surface area contributed by atoms with E-state index in [1.165, 1.54) is 11.1 Å². The Labute approximate surface area is 164 Å². The average molecular weight is 371 g/mol. The van der Waals surface area contributed by atoms with Crippen LogP contribution in [0, 0.1) is 13.8 Å². The minimum Gasteiger partial charge on any atom is -0.436 e. The summed E-state index contributed by atoms with van der Waals surface area (Å²) in [5.74, 6) is 1.32. The Hall–Kier alpha value is -3.24. The summed E-state index contributed by atoms with van der Waals surface area (Å²) in [7, 11) is 0. The number of benzene rings is 2. The van der Waals surface area contributed by atoms with Gasteiger partial charge in [-0.1, -0.05) is 35.9 Å². The number of aromatic nitrogens is 2. The van der Waals surface area contributed by atoms with Crippen molar-refractivity contribution in [3.05, 3.63) is 95.4 Å². The highest BCUT2D eigenvalue weighted by atomic mass is 16.4. The molecule has 140 valence electrons. The standard InChI is InChI=1S/C24H23N2O2/c1-17-4-3-5-19(12-17)15-26-10-8-20(9-11-26)24-25-14-23(28-24)21-6-7-22(16-27)18(2)13-21/h3-14,27H,15-16H2,1-2H3/q+1. The lowest BCUT2D eigenvalue weighted by molar-refractivity contribution is -0.688. The van der Waals surface area contributed by atoms with E-state index in [-0.39, 0.29) is 6.61 Å². The van der Waals surface area contributed by atoms with Crippen LogP contribution in [0.15, 0.2) is 77.6 Å². The molecule has 0 spiro atoms. The van der Waals surface area contributed by atoms with Crippen LogP contribution in [0.5, 0.6) is 0 Å². The van der Waals surface area contributed by atoms with Gasteiger partial charge in [0, 0.05) is 28.8 Å². The van der Waals surface area contributed by atoms with Gasteiger partial charge >= 0.3 is 0 Å². The smallest absolute Gasteiger partial charge is 0.227 e. The van der Waals surface area contributed by atoms with Crippen LogP contribution >= 0.6 is 0 Å². The van der Waals surface area contributed by atoms with E-state index in [0.717, 1.165) is 34.6 Å². The van der Waals surface area contributed by atoms with Gasteiger partial charge in [0.1, 0.15) is 0 Å². The second-order valence-electron chi connectivity index (χ2n) is 7.08. The van der Waals surface area contributed by atoms with Gasteiger partial charge in [-0.05, 0) is 37.1 Å². The molecule has 0 saturated heterocycles. The molecule has 0 amide bonds. The molecule has 28 heavy (non-hydrogen) atoms. The Balaban J connectivity index is 1.53. The van der Waals surface area contributed by atoms with Gasteiger partial charge in [-0.2, -0.15) is 0 Å². The molecule has 4 rings (SSSR count). The fourth-order valence-electron chi connectivity index (χ4n) is 3.29. The van der Waals surface area contributed by atoms with E-state index < -0.39 is 0 Å². The Bertz CT molecular complexity index is 1100. The van der Waals surface area contributed by atoms with Gasteiger partial charge < -0.3 is 9.52 Å². The van der Waals surface area contributed by atoms with E-state index in [1.807, 2.05) is 49.6 Å². The van der Waals surface area contributed by atoms with Gasteiger partial charge in [0.2, 0.25) is 5.89 Å². The van der Waals surface area contributed by atoms with Crippen molar-refractivity contribution in [1.29, 1.82) is 0 Å². The Morgan fingerprint density at radius 3 is 2.50 bits per heavy atom. The lowest BCUT2D eigenvalue weighted by Crippen LogP contribution is -2.33. The molecule has 4 heteroatoms. The van der Waals surface area contributed by atoms with Crippen molar-refractivity contribution >= 4 is 0 Å². The van der Waals surface area contributed by atoms with Crippen molar-refractivity contribution in [2.45, 2.75) is 27.0 Å². The molecule has 0 radical (unpaired) electrons. The van der Waals surface area contributed by atoms with Gasteiger partial charge in [-0.3, -0.25) is 0 Å².